The third-order valence-corrected chi connectivity index (χ3v) is 2.70. The molecule has 1 aromatic rings. The number of carbonyl (C=O) groups is 1. The van der Waals surface area contributed by atoms with Crippen LogP contribution in [0.25, 0.3) is 10.4 Å². The van der Waals surface area contributed by atoms with Gasteiger partial charge in [-0.1, -0.05) is 24.2 Å². The van der Waals surface area contributed by atoms with Gasteiger partial charge >= 0.3 is 0 Å². The van der Waals surface area contributed by atoms with E-state index in [4.69, 9.17) is 5.53 Å². The number of amides is 1. The number of hydrogen-bond acceptors (Lipinski definition) is 3. The average Bonchev–Trinajstić information content (AvgIpc) is 2.44. The molecule has 0 bridgehead atoms. The summed E-state index contributed by atoms with van der Waals surface area (Å²) < 4.78 is 0. The molecule has 102 valence electrons. The first kappa shape index (κ1) is 15.0. The molecule has 1 amide bonds. The van der Waals surface area contributed by atoms with E-state index in [-0.39, 0.29) is 5.91 Å². The molecule has 0 fully saturated rings. The summed E-state index contributed by atoms with van der Waals surface area (Å²) in [6.45, 7) is 2.18. The van der Waals surface area contributed by atoms with Crippen LogP contribution in [0, 0.1) is 0 Å². The lowest BCUT2D eigenvalue weighted by Gasteiger charge is -2.11. The highest BCUT2D eigenvalue weighted by Gasteiger charge is 2.07. The van der Waals surface area contributed by atoms with E-state index >= 15 is 0 Å². The number of aliphatic hydroxyl groups excluding tert-OH is 1. The van der Waals surface area contributed by atoms with Crippen LogP contribution in [0.3, 0.4) is 0 Å². The van der Waals surface area contributed by atoms with E-state index in [0.29, 0.717) is 25.8 Å². The van der Waals surface area contributed by atoms with Crippen molar-refractivity contribution in [3.05, 3.63) is 40.3 Å². The van der Waals surface area contributed by atoms with Crippen LogP contribution in [0.1, 0.15) is 37.9 Å². The quantitative estimate of drug-likeness (QED) is 0.341. The molecule has 6 heteroatoms. The molecular formula is C13H18N4O2. The Morgan fingerprint density at radius 3 is 2.74 bits per heavy atom. The zero-order valence-electron chi connectivity index (χ0n) is 10.9. The minimum Gasteiger partial charge on any atom is -0.388 e. The van der Waals surface area contributed by atoms with Crippen molar-refractivity contribution in [1.29, 1.82) is 0 Å². The van der Waals surface area contributed by atoms with E-state index in [1.807, 2.05) is 0 Å². The van der Waals surface area contributed by atoms with Gasteiger partial charge in [-0.25, -0.2) is 0 Å². The molecule has 1 aromatic carbocycles. The Bertz CT molecular complexity index is 452. The summed E-state index contributed by atoms with van der Waals surface area (Å²) in [4.78, 5) is 13.9. The summed E-state index contributed by atoms with van der Waals surface area (Å²) in [5.41, 5.74) is 9.64. The zero-order chi connectivity index (χ0) is 14.1. The minimum atomic E-state index is -0.579. The molecule has 1 unspecified atom stereocenters. The van der Waals surface area contributed by atoms with Gasteiger partial charge in [-0.05, 0) is 36.1 Å². The number of carbonyl (C=O) groups excluding carboxylic acids is 1. The molecule has 0 aliphatic carbocycles. The predicted octanol–water partition coefficient (Wildman–Crippen LogP) is 3.16. The van der Waals surface area contributed by atoms with Crippen LogP contribution in [-0.2, 0) is 4.79 Å². The number of nitrogens with zero attached hydrogens (tertiary/aromatic N) is 3. The Hall–Kier alpha value is -2.04. The second kappa shape index (κ2) is 8.13. The van der Waals surface area contributed by atoms with E-state index in [9.17, 15) is 9.90 Å². The van der Waals surface area contributed by atoms with Crippen molar-refractivity contribution in [2.45, 2.75) is 32.3 Å². The number of rotatable bonds is 7. The van der Waals surface area contributed by atoms with E-state index in [2.05, 4.69) is 15.3 Å². The molecule has 1 atom stereocenters. The standard InChI is InChI=1S/C13H18N4O2/c1-2-13(19)16-11-7-5-10(6-8-11)12(18)4-3-9-15-17-14/h5-8,12,18H,2-4,9H2,1H3,(H,16,19). The monoisotopic (exact) mass is 262 g/mol. The van der Waals surface area contributed by atoms with Gasteiger partial charge in [0.2, 0.25) is 5.91 Å². The zero-order valence-corrected chi connectivity index (χ0v) is 10.9. The molecule has 0 aliphatic rings. The van der Waals surface area contributed by atoms with Crippen molar-refractivity contribution >= 4 is 11.6 Å². The van der Waals surface area contributed by atoms with Crippen molar-refractivity contribution in [3.8, 4) is 0 Å². The third-order valence-electron chi connectivity index (χ3n) is 2.70. The van der Waals surface area contributed by atoms with Crippen LogP contribution in [0.5, 0.6) is 0 Å². The van der Waals surface area contributed by atoms with Gasteiger partial charge in [0.15, 0.2) is 0 Å². The fourth-order valence-electron chi connectivity index (χ4n) is 1.60. The molecule has 0 aromatic heterocycles. The minimum absolute atomic E-state index is 0.0392. The number of aliphatic hydroxyl groups is 1. The van der Waals surface area contributed by atoms with Crippen LogP contribution < -0.4 is 5.32 Å². The van der Waals surface area contributed by atoms with Gasteiger partial charge in [0.05, 0.1) is 6.10 Å². The summed E-state index contributed by atoms with van der Waals surface area (Å²) in [7, 11) is 0. The molecule has 0 spiro atoms. The molecule has 0 heterocycles. The van der Waals surface area contributed by atoms with Crippen LogP contribution in [0.15, 0.2) is 29.4 Å². The van der Waals surface area contributed by atoms with Crippen LogP contribution in [0.2, 0.25) is 0 Å². The normalized spacial score (nSPS) is 11.5. The molecule has 19 heavy (non-hydrogen) atoms. The van der Waals surface area contributed by atoms with Crippen molar-refractivity contribution in [3.63, 3.8) is 0 Å². The van der Waals surface area contributed by atoms with Crippen molar-refractivity contribution < 1.29 is 9.90 Å². The summed E-state index contributed by atoms with van der Waals surface area (Å²) in [6, 6.07) is 7.09. The maximum absolute atomic E-state index is 11.2. The van der Waals surface area contributed by atoms with Gasteiger partial charge in [0, 0.05) is 23.6 Å². The predicted molar refractivity (Wildman–Crippen MR) is 73.6 cm³/mol. The van der Waals surface area contributed by atoms with Crippen molar-refractivity contribution in [2.75, 3.05) is 11.9 Å². The lowest BCUT2D eigenvalue weighted by atomic mass is 10.0. The van der Waals surface area contributed by atoms with E-state index < -0.39 is 6.10 Å². The smallest absolute Gasteiger partial charge is 0.224 e. The summed E-state index contributed by atoms with van der Waals surface area (Å²) in [5, 5.41) is 16.1. The van der Waals surface area contributed by atoms with E-state index in [1.54, 1.807) is 31.2 Å². The first-order chi connectivity index (χ1) is 9.17. The molecule has 0 saturated carbocycles. The summed E-state index contributed by atoms with van der Waals surface area (Å²) in [6.07, 6.45) is 1.04. The molecule has 6 nitrogen and oxygen atoms in total. The Labute approximate surface area is 112 Å². The van der Waals surface area contributed by atoms with Crippen molar-refractivity contribution in [1.82, 2.24) is 0 Å². The highest BCUT2D eigenvalue weighted by molar-refractivity contribution is 5.90. The van der Waals surface area contributed by atoms with Gasteiger partial charge in [-0.2, -0.15) is 0 Å². The maximum atomic E-state index is 11.2. The second-order valence-corrected chi connectivity index (χ2v) is 4.14. The van der Waals surface area contributed by atoms with Gasteiger partial charge in [-0.3, -0.25) is 4.79 Å². The third kappa shape index (κ3) is 5.42. The summed E-state index contributed by atoms with van der Waals surface area (Å²) in [5.74, 6) is -0.0392. The largest absolute Gasteiger partial charge is 0.388 e. The van der Waals surface area contributed by atoms with Crippen LogP contribution >= 0.6 is 0 Å². The Morgan fingerprint density at radius 2 is 2.16 bits per heavy atom. The molecule has 2 N–H and O–H groups in total. The van der Waals surface area contributed by atoms with E-state index in [0.717, 1.165) is 11.3 Å². The fraction of sp³-hybridized carbons (Fsp3) is 0.462. The fourth-order valence-corrected chi connectivity index (χ4v) is 1.60. The van der Waals surface area contributed by atoms with Crippen LogP contribution in [0.4, 0.5) is 5.69 Å². The van der Waals surface area contributed by atoms with Crippen LogP contribution in [-0.4, -0.2) is 17.6 Å². The topological polar surface area (TPSA) is 98.1 Å². The van der Waals surface area contributed by atoms with Gasteiger partial charge in [0.25, 0.3) is 0 Å². The number of benzene rings is 1. The second-order valence-electron chi connectivity index (χ2n) is 4.14. The Kier molecular flexibility index (Phi) is 6.43. The van der Waals surface area contributed by atoms with Crippen molar-refractivity contribution in [2.24, 2.45) is 5.11 Å². The Balaban J connectivity index is 2.50. The van der Waals surface area contributed by atoms with E-state index in [1.165, 1.54) is 0 Å². The SMILES string of the molecule is CCC(=O)Nc1ccc(C(O)CCCN=[N+]=[N-])cc1. The summed E-state index contributed by atoms with van der Waals surface area (Å²) >= 11 is 0. The van der Waals surface area contributed by atoms with Gasteiger partial charge in [-0.15, -0.1) is 0 Å². The van der Waals surface area contributed by atoms with Gasteiger partial charge in [0.1, 0.15) is 0 Å². The first-order valence-corrected chi connectivity index (χ1v) is 6.26. The van der Waals surface area contributed by atoms with Gasteiger partial charge < -0.3 is 10.4 Å². The highest BCUT2D eigenvalue weighted by atomic mass is 16.3. The first-order valence-electron chi connectivity index (χ1n) is 6.26. The molecule has 0 radical (unpaired) electrons. The lowest BCUT2D eigenvalue weighted by Crippen LogP contribution is -2.09. The Morgan fingerprint density at radius 1 is 1.47 bits per heavy atom. The molecule has 0 aliphatic heterocycles. The highest BCUT2D eigenvalue weighted by Crippen LogP contribution is 2.20. The average molecular weight is 262 g/mol. The lowest BCUT2D eigenvalue weighted by molar-refractivity contribution is -0.115. The number of hydrogen-bond donors (Lipinski definition) is 2. The molecule has 1 rings (SSSR count). The number of anilines is 1. The number of nitrogens with one attached hydrogen (secondary N) is 1. The molecule has 0 saturated heterocycles. The molecular weight excluding hydrogens is 244 g/mol. The number of azide groups is 1. The maximum Gasteiger partial charge on any atom is 0.224 e.